The van der Waals surface area contributed by atoms with Crippen LogP contribution < -0.4 is 14.2 Å². The summed E-state index contributed by atoms with van der Waals surface area (Å²) in [6.45, 7) is 1.87. The van der Waals surface area contributed by atoms with Gasteiger partial charge in [0.25, 0.3) is 0 Å². The first-order chi connectivity index (χ1) is 13.0. The van der Waals surface area contributed by atoms with Gasteiger partial charge in [0.2, 0.25) is 11.5 Å². The number of hydrogen-bond acceptors (Lipinski definition) is 5. The highest BCUT2D eigenvalue weighted by atomic mass is 19.1. The van der Waals surface area contributed by atoms with E-state index in [4.69, 9.17) is 19.3 Å². The Bertz CT molecular complexity index is 836. The summed E-state index contributed by atoms with van der Waals surface area (Å²) in [6, 6.07) is 8.29. The van der Waals surface area contributed by atoms with Crippen molar-refractivity contribution in [2.24, 2.45) is 0 Å². The molecule has 0 aliphatic carbocycles. The number of rotatable bonds is 5. The molecule has 0 saturated carbocycles. The van der Waals surface area contributed by atoms with E-state index in [9.17, 15) is 13.6 Å². The third-order valence-corrected chi connectivity index (χ3v) is 4.60. The molecule has 2 atom stereocenters. The Kier molecular flexibility index (Phi) is 4.57. The minimum absolute atomic E-state index is 0.156. The molecule has 27 heavy (non-hydrogen) atoms. The molecular weight excluding hydrogens is 360 g/mol. The second kappa shape index (κ2) is 7.03. The first kappa shape index (κ1) is 17.5. The van der Waals surface area contributed by atoms with E-state index >= 15 is 0 Å². The van der Waals surface area contributed by atoms with Crippen LogP contribution >= 0.6 is 0 Å². The molecule has 1 saturated heterocycles. The molecular formula is C19H17F2NO5. The lowest BCUT2D eigenvalue weighted by molar-refractivity contribution is 0.0467. The van der Waals surface area contributed by atoms with Crippen LogP contribution in [0.4, 0.5) is 8.78 Å². The molecule has 0 radical (unpaired) electrons. The van der Waals surface area contributed by atoms with Crippen LogP contribution in [0.25, 0.3) is 0 Å². The van der Waals surface area contributed by atoms with Crippen molar-refractivity contribution in [3.05, 3.63) is 53.6 Å². The lowest BCUT2D eigenvalue weighted by Crippen LogP contribution is -2.39. The Morgan fingerprint density at radius 3 is 2.33 bits per heavy atom. The SMILES string of the molecule is O=C(O)c1cccc(OCCN2C[C@@H]3Oc4c(F)ccc(F)c4O[C@@H]3C2)c1. The van der Waals surface area contributed by atoms with Gasteiger partial charge in [-0.05, 0) is 30.3 Å². The Hall–Kier alpha value is -2.87. The summed E-state index contributed by atoms with van der Waals surface area (Å²) in [5.41, 5.74) is 0.156. The molecule has 0 aromatic heterocycles. The molecule has 2 aliphatic rings. The number of likely N-dealkylation sites (tertiary alicyclic amines) is 1. The molecule has 2 aromatic carbocycles. The first-order valence-corrected chi connectivity index (χ1v) is 8.51. The number of carboxylic acids is 1. The van der Waals surface area contributed by atoms with E-state index in [1.165, 1.54) is 12.1 Å². The third kappa shape index (κ3) is 3.52. The molecule has 4 rings (SSSR count). The van der Waals surface area contributed by atoms with Crippen LogP contribution in [0, 0.1) is 11.6 Å². The molecule has 0 bridgehead atoms. The van der Waals surface area contributed by atoms with E-state index in [2.05, 4.69) is 0 Å². The Morgan fingerprint density at radius 2 is 1.74 bits per heavy atom. The van der Waals surface area contributed by atoms with Crippen molar-refractivity contribution < 1.29 is 32.9 Å². The van der Waals surface area contributed by atoms with Gasteiger partial charge in [0.05, 0.1) is 5.56 Å². The van der Waals surface area contributed by atoms with Gasteiger partial charge in [-0.25, -0.2) is 13.6 Å². The quantitative estimate of drug-likeness (QED) is 0.864. The van der Waals surface area contributed by atoms with E-state index in [1.54, 1.807) is 12.1 Å². The molecule has 6 nitrogen and oxygen atoms in total. The van der Waals surface area contributed by atoms with E-state index in [0.29, 0.717) is 32.0 Å². The van der Waals surface area contributed by atoms with Gasteiger partial charge in [-0.1, -0.05) is 6.07 Å². The largest absolute Gasteiger partial charge is 0.492 e. The van der Waals surface area contributed by atoms with Gasteiger partial charge in [0.1, 0.15) is 24.6 Å². The molecule has 1 N–H and O–H groups in total. The highest BCUT2D eigenvalue weighted by molar-refractivity contribution is 5.87. The van der Waals surface area contributed by atoms with E-state index < -0.39 is 17.6 Å². The van der Waals surface area contributed by atoms with Gasteiger partial charge in [-0.3, -0.25) is 4.90 Å². The zero-order chi connectivity index (χ0) is 19.0. The molecule has 0 unspecified atom stereocenters. The smallest absolute Gasteiger partial charge is 0.335 e. The number of halogens is 2. The highest BCUT2D eigenvalue weighted by Crippen LogP contribution is 2.40. The monoisotopic (exact) mass is 377 g/mol. The number of carboxylic acid groups (broad SMARTS) is 1. The van der Waals surface area contributed by atoms with Crippen molar-refractivity contribution >= 4 is 5.97 Å². The molecule has 0 amide bonds. The average molecular weight is 377 g/mol. The summed E-state index contributed by atoms with van der Waals surface area (Å²) < 4.78 is 44.5. The maximum Gasteiger partial charge on any atom is 0.335 e. The van der Waals surface area contributed by atoms with Crippen LogP contribution in [0.3, 0.4) is 0 Å². The van der Waals surface area contributed by atoms with Crippen LogP contribution in [0.5, 0.6) is 17.2 Å². The minimum Gasteiger partial charge on any atom is -0.492 e. The predicted octanol–water partition coefficient (Wildman–Crippen LogP) is 2.57. The maximum absolute atomic E-state index is 13.8. The summed E-state index contributed by atoms with van der Waals surface area (Å²) in [4.78, 5) is 13.0. The van der Waals surface area contributed by atoms with Crippen LogP contribution in [0.15, 0.2) is 36.4 Å². The highest BCUT2D eigenvalue weighted by Gasteiger charge is 2.41. The van der Waals surface area contributed by atoms with E-state index in [-0.39, 0.29) is 29.3 Å². The fraction of sp³-hybridized carbons (Fsp3) is 0.316. The molecule has 142 valence electrons. The lowest BCUT2D eigenvalue weighted by atomic mass is 10.2. The predicted molar refractivity (Wildman–Crippen MR) is 90.5 cm³/mol. The fourth-order valence-electron chi connectivity index (χ4n) is 3.28. The first-order valence-electron chi connectivity index (χ1n) is 8.51. The van der Waals surface area contributed by atoms with Crippen molar-refractivity contribution in [1.82, 2.24) is 4.90 Å². The number of nitrogens with zero attached hydrogens (tertiary/aromatic N) is 1. The average Bonchev–Trinajstić information content (AvgIpc) is 3.05. The van der Waals surface area contributed by atoms with Gasteiger partial charge >= 0.3 is 5.97 Å². The number of aromatic carboxylic acids is 1. The van der Waals surface area contributed by atoms with Crippen molar-refractivity contribution in [2.45, 2.75) is 12.2 Å². The zero-order valence-corrected chi connectivity index (χ0v) is 14.2. The Labute approximate surface area is 153 Å². The number of fused-ring (bicyclic) bond motifs is 2. The van der Waals surface area contributed by atoms with Gasteiger partial charge in [-0.15, -0.1) is 0 Å². The molecule has 0 spiro atoms. The van der Waals surface area contributed by atoms with E-state index in [0.717, 1.165) is 12.1 Å². The molecule has 2 aromatic rings. The topological polar surface area (TPSA) is 68.2 Å². The summed E-state index contributed by atoms with van der Waals surface area (Å²) in [5.74, 6) is -2.21. The molecule has 2 aliphatic heterocycles. The van der Waals surface area contributed by atoms with Crippen LogP contribution in [0.1, 0.15) is 10.4 Å². The molecule has 1 fully saturated rings. The van der Waals surface area contributed by atoms with E-state index in [1.807, 2.05) is 4.90 Å². The third-order valence-electron chi connectivity index (χ3n) is 4.60. The number of benzene rings is 2. The van der Waals surface area contributed by atoms with Crippen LogP contribution in [-0.4, -0.2) is 54.4 Å². The van der Waals surface area contributed by atoms with Gasteiger partial charge in [0.15, 0.2) is 11.6 Å². The Morgan fingerprint density at radius 1 is 1.11 bits per heavy atom. The summed E-state index contributed by atoms with van der Waals surface area (Å²) in [7, 11) is 0. The normalized spacial score (nSPS) is 21.0. The zero-order valence-electron chi connectivity index (χ0n) is 14.2. The second-order valence-corrected chi connectivity index (χ2v) is 6.44. The second-order valence-electron chi connectivity index (χ2n) is 6.44. The van der Waals surface area contributed by atoms with Crippen molar-refractivity contribution in [3.8, 4) is 17.2 Å². The maximum atomic E-state index is 13.8. The van der Waals surface area contributed by atoms with Crippen LogP contribution in [-0.2, 0) is 0 Å². The van der Waals surface area contributed by atoms with Crippen molar-refractivity contribution in [2.75, 3.05) is 26.2 Å². The van der Waals surface area contributed by atoms with Crippen molar-refractivity contribution in [3.63, 3.8) is 0 Å². The molecule has 8 heteroatoms. The minimum atomic E-state index is -1.02. The summed E-state index contributed by atoms with van der Waals surface area (Å²) >= 11 is 0. The Balaban J connectivity index is 1.34. The lowest BCUT2D eigenvalue weighted by Gasteiger charge is -2.28. The molecule has 2 heterocycles. The summed E-state index contributed by atoms with van der Waals surface area (Å²) in [5, 5.41) is 8.99. The standard InChI is InChI=1S/C19H17F2NO5/c20-13-4-5-14(21)18-17(13)26-15-9-22(10-16(15)27-18)6-7-25-12-3-1-2-11(8-12)19(23)24/h1-5,8,15-16H,6-7,9-10H2,(H,23,24)/t15-,16+. The van der Waals surface area contributed by atoms with Gasteiger partial charge in [-0.2, -0.15) is 0 Å². The fourth-order valence-corrected chi connectivity index (χ4v) is 3.28. The number of ether oxygens (including phenoxy) is 3. The van der Waals surface area contributed by atoms with Crippen LogP contribution in [0.2, 0.25) is 0 Å². The number of carbonyl (C=O) groups is 1. The van der Waals surface area contributed by atoms with Crippen molar-refractivity contribution in [1.29, 1.82) is 0 Å². The van der Waals surface area contributed by atoms with Gasteiger partial charge in [0, 0.05) is 19.6 Å². The number of hydrogen-bond donors (Lipinski definition) is 1. The summed E-state index contributed by atoms with van der Waals surface area (Å²) in [6.07, 6.45) is -0.770. The van der Waals surface area contributed by atoms with Gasteiger partial charge < -0.3 is 19.3 Å².